The minimum Gasteiger partial charge on any atom is -0.484 e. The van der Waals surface area contributed by atoms with E-state index < -0.39 is 17.5 Å². The maximum atomic E-state index is 13.7. The highest BCUT2D eigenvalue weighted by Crippen LogP contribution is 2.35. The molecule has 8 nitrogen and oxygen atoms in total. The largest absolute Gasteiger partial charge is 0.484 e. The number of pyridine rings is 1. The minimum absolute atomic E-state index is 0.0212. The van der Waals surface area contributed by atoms with E-state index in [0.29, 0.717) is 28.8 Å². The Balaban J connectivity index is 2.42. The second kappa shape index (κ2) is 10.2. The van der Waals surface area contributed by atoms with Crippen LogP contribution < -0.4 is 16.0 Å². The fraction of sp³-hybridized carbons (Fsp3) is 0.370. The van der Waals surface area contributed by atoms with Gasteiger partial charge in [0.15, 0.2) is 6.61 Å². The number of primary amides is 1. The molecular formula is C27H33N3O5. The number of benzene rings is 2. The zero-order valence-electron chi connectivity index (χ0n) is 20.9. The number of carbonyl (C=O) groups excluding carboxylic acids is 1. The zero-order valence-corrected chi connectivity index (χ0v) is 20.9. The molecule has 0 radical (unpaired) electrons. The maximum absolute atomic E-state index is 13.7. The van der Waals surface area contributed by atoms with Crippen LogP contribution in [0.1, 0.15) is 40.3 Å². The van der Waals surface area contributed by atoms with Crippen molar-refractivity contribution in [2.75, 3.05) is 6.61 Å². The lowest BCUT2D eigenvalue weighted by Gasteiger charge is -2.35. The lowest BCUT2D eigenvalue weighted by atomic mass is 9.95. The van der Waals surface area contributed by atoms with Gasteiger partial charge >= 0.3 is 6.09 Å². The summed E-state index contributed by atoms with van der Waals surface area (Å²) in [6.07, 6.45) is -1.07. The first-order chi connectivity index (χ1) is 16.4. The summed E-state index contributed by atoms with van der Waals surface area (Å²) in [6, 6.07) is 14.6. The average molecular weight is 480 g/mol. The van der Waals surface area contributed by atoms with Gasteiger partial charge in [0.05, 0.1) is 6.54 Å². The number of nitrogens with zero attached hydrogens (tertiary/aromatic N) is 2. The molecular weight excluding hydrogens is 446 g/mol. The number of aromatic nitrogens is 1. The van der Waals surface area contributed by atoms with Crippen molar-refractivity contribution < 1.29 is 19.4 Å². The van der Waals surface area contributed by atoms with Gasteiger partial charge in [-0.1, -0.05) is 44.2 Å². The first-order valence-electron chi connectivity index (χ1n) is 11.6. The average Bonchev–Trinajstić information content (AvgIpc) is 2.77. The van der Waals surface area contributed by atoms with Crippen LogP contribution in [0.25, 0.3) is 21.9 Å². The Labute approximate surface area is 204 Å². The number of hydrogen-bond donors (Lipinski definition) is 2. The molecule has 1 heterocycles. The molecule has 0 aliphatic carbocycles. The second-order valence-electron chi connectivity index (χ2n) is 10.00. The zero-order chi connectivity index (χ0) is 25.9. The smallest absolute Gasteiger partial charge is 0.408 e. The third-order valence-corrected chi connectivity index (χ3v) is 5.69. The van der Waals surface area contributed by atoms with E-state index in [1.807, 2.05) is 65.0 Å². The Morgan fingerprint density at radius 1 is 1.09 bits per heavy atom. The van der Waals surface area contributed by atoms with Crippen LogP contribution in [0.5, 0.6) is 5.75 Å². The lowest BCUT2D eigenvalue weighted by molar-refractivity contribution is -0.119. The molecule has 3 aromatic rings. The highest BCUT2D eigenvalue weighted by molar-refractivity contribution is 5.98. The highest BCUT2D eigenvalue weighted by atomic mass is 16.5. The summed E-state index contributed by atoms with van der Waals surface area (Å²) in [6.45, 7) is 9.67. The summed E-state index contributed by atoms with van der Waals surface area (Å²) in [5, 5.41) is 11.1. The quantitative estimate of drug-likeness (QED) is 0.495. The van der Waals surface area contributed by atoms with Gasteiger partial charge < -0.3 is 20.1 Å². The predicted octanol–water partition coefficient (Wildman–Crippen LogP) is 4.47. The molecule has 3 rings (SSSR count). The summed E-state index contributed by atoms with van der Waals surface area (Å²) in [5.41, 5.74) is 6.53. The van der Waals surface area contributed by atoms with Gasteiger partial charge in [0.1, 0.15) is 5.75 Å². The molecule has 0 spiro atoms. The SMILES string of the molecule is CC(C)Cn1c(CN(C(=O)O)C(C)(C)C)c(-c2ccccc2)c2cc(OCC(N)=O)ccc2c1=O. The molecule has 8 heteroatoms. The van der Waals surface area contributed by atoms with Crippen molar-refractivity contribution in [3.63, 3.8) is 0 Å². The second-order valence-corrected chi connectivity index (χ2v) is 10.00. The van der Waals surface area contributed by atoms with E-state index in [-0.39, 0.29) is 24.6 Å². The number of carboxylic acid groups (broad SMARTS) is 1. The first kappa shape index (κ1) is 25.8. The number of ether oxygens (including phenoxy) is 1. The molecule has 0 saturated carbocycles. The van der Waals surface area contributed by atoms with Crippen LogP contribution in [-0.2, 0) is 17.9 Å². The van der Waals surface area contributed by atoms with Crippen molar-refractivity contribution in [3.8, 4) is 16.9 Å². The number of carbonyl (C=O) groups is 2. The van der Waals surface area contributed by atoms with Gasteiger partial charge in [0.25, 0.3) is 11.5 Å². The van der Waals surface area contributed by atoms with Crippen LogP contribution >= 0.6 is 0 Å². The highest BCUT2D eigenvalue weighted by Gasteiger charge is 2.30. The maximum Gasteiger partial charge on any atom is 0.408 e. The number of rotatable bonds is 8. The van der Waals surface area contributed by atoms with Gasteiger partial charge in [-0.25, -0.2) is 4.79 Å². The van der Waals surface area contributed by atoms with Gasteiger partial charge in [0.2, 0.25) is 0 Å². The Morgan fingerprint density at radius 3 is 2.29 bits per heavy atom. The summed E-state index contributed by atoms with van der Waals surface area (Å²) >= 11 is 0. The van der Waals surface area contributed by atoms with Crippen molar-refractivity contribution in [2.45, 2.75) is 53.2 Å². The number of nitrogens with two attached hydrogens (primary N) is 1. The van der Waals surface area contributed by atoms with Crippen LogP contribution in [0.15, 0.2) is 53.3 Å². The van der Waals surface area contributed by atoms with Crippen molar-refractivity contribution >= 4 is 22.8 Å². The van der Waals surface area contributed by atoms with Gasteiger partial charge in [0, 0.05) is 34.1 Å². The van der Waals surface area contributed by atoms with E-state index in [9.17, 15) is 19.5 Å². The van der Waals surface area contributed by atoms with E-state index in [4.69, 9.17) is 10.5 Å². The Morgan fingerprint density at radius 2 is 1.74 bits per heavy atom. The van der Waals surface area contributed by atoms with Gasteiger partial charge in [-0.2, -0.15) is 0 Å². The molecule has 0 atom stereocenters. The van der Waals surface area contributed by atoms with Crippen molar-refractivity contribution in [1.29, 1.82) is 0 Å². The molecule has 2 aromatic carbocycles. The van der Waals surface area contributed by atoms with Gasteiger partial charge in [-0.05, 0) is 50.5 Å². The third kappa shape index (κ3) is 5.82. The molecule has 3 N–H and O–H groups in total. The normalized spacial score (nSPS) is 11.6. The number of hydrogen-bond acceptors (Lipinski definition) is 4. The third-order valence-electron chi connectivity index (χ3n) is 5.69. The first-order valence-corrected chi connectivity index (χ1v) is 11.6. The van der Waals surface area contributed by atoms with Crippen LogP contribution in [-0.4, -0.2) is 38.7 Å². The Kier molecular flexibility index (Phi) is 7.53. The molecule has 0 saturated heterocycles. The van der Waals surface area contributed by atoms with Gasteiger partial charge in [-0.3, -0.25) is 14.5 Å². The molecule has 0 unspecified atom stereocenters. The van der Waals surface area contributed by atoms with E-state index in [2.05, 4.69) is 0 Å². The molecule has 35 heavy (non-hydrogen) atoms. The number of fused-ring (bicyclic) bond motifs is 1. The fourth-order valence-electron chi connectivity index (χ4n) is 4.11. The van der Waals surface area contributed by atoms with Crippen LogP contribution in [0, 0.1) is 5.92 Å². The molecule has 0 aliphatic rings. The topological polar surface area (TPSA) is 115 Å². The fourth-order valence-corrected chi connectivity index (χ4v) is 4.11. The molecule has 0 fully saturated rings. The minimum atomic E-state index is -1.07. The molecule has 0 bridgehead atoms. The summed E-state index contributed by atoms with van der Waals surface area (Å²) in [4.78, 5) is 38.6. The van der Waals surface area contributed by atoms with Crippen molar-refractivity contribution in [2.24, 2.45) is 11.7 Å². The van der Waals surface area contributed by atoms with Crippen LogP contribution in [0.3, 0.4) is 0 Å². The summed E-state index contributed by atoms with van der Waals surface area (Å²) in [5.74, 6) is -0.0614. The monoisotopic (exact) mass is 479 g/mol. The van der Waals surface area contributed by atoms with E-state index in [1.165, 1.54) is 4.90 Å². The Bertz CT molecular complexity index is 1290. The summed E-state index contributed by atoms with van der Waals surface area (Å²) in [7, 11) is 0. The van der Waals surface area contributed by atoms with Crippen molar-refractivity contribution in [3.05, 3.63) is 64.6 Å². The molecule has 1 aromatic heterocycles. The lowest BCUT2D eigenvalue weighted by Crippen LogP contribution is -2.45. The van der Waals surface area contributed by atoms with Crippen molar-refractivity contribution in [1.82, 2.24) is 9.47 Å². The van der Waals surface area contributed by atoms with E-state index in [1.54, 1.807) is 22.8 Å². The Hall–Kier alpha value is -3.81. The van der Waals surface area contributed by atoms with E-state index >= 15 is 0 Å². The molecule has 0 aliphatic heterocycles. The van der Waals surface area contributed by atoms with Crippen LogP contribution in [0.4, 0.5) is 4.79 Å². The van der Waals surface area contributed by atoms with Gasteiger partial charge in [-0.15, -0.1) is 0 Å². The standard InChI is InChI=1S/C27H33N3O5/c1-17(2)14-29-22(15-30(26(33)34)27(3,4)5)24(18-9-7-6-8-10-18)21-13-19(35-16-23(28)31)11-12-20(21)25(29)32/h6-13,17H,14-16H2,1-5H3,(H2,28,31)(H,33,34). The molecule has 2 amide bonds. The number of amides is 2. The molecule has 186 valence electrons. The van der Waals surface area contributed by atoms with Crippen LogP contribution in [0.2, 0.25) is 0 Å². The van der Waals surface area contributed by atoms with E-state index in [0.717, 1.165) is 11.1 Å². The predicted molar refractivity (Wildman–Crippen MR) is 136 cm³/mol. The summed E-state index contributed by atoms with van der Waals surface area (Å²) < 4.78 is 7.22.